The van der Waals surface area contributed by atoms with Crippen LogP contribution in [-0.2, 0) is 16.0 Å². The summed E-state index contributed by atoms with van der Waals surface area (Å²) in [6.45, 7) is 9.78. The first kappa shape index (κ1) is 23.9. The predicted octanol–water partition coefficient (Wildman–Crippen LogP) is 1.21. The normalized spacial score (nSPS) is 18.3. The highest BCUT2D eigenvalue weighted by atomic mass is 127. The fourth-order valence-electron chi connectivity index (χ4n) is 3.63. The summed E-state index contributed by atoms with van der Waals surface area (Å²) in [7, 11) is 1.84. The summed E-state index contributed by atoms with van der Waals surface area (Å²) in [6.07, 6.45) is 0.979. The number of amides is 1. The highest BCUT2D eigenvalue weighted by Crippen LogP contribution is 2.06. The molecule has 0 aromatic heterocycles. The van der Waals surface area contributed by atoms with Gasteiger partial charge in [0.2, 0.25) is 5.91 Å². The van der Waals surface area contributed by atoms with E-state index in [0.29, 0.717) is 19.8 Å². The van der Waals surface area contributed by atoms with Gasteiger partial charge in [0.1, 0.15) is 0 Å². The molecular formula is C21H34IN5O2. The van der Waals surface area contributed by atoms with E-state index in [1.165, 1.54) is 11.1 Å². The number of hydrogen-bond acceptors (Lipinski definition) is 4. The maximum Gasteiger partial charge on any atom is 0.236 e. The molecule has 0 atom stereocenters. The molecule has 8 heteroatoms. The Morgan fingerprint density at radius 3 is 2.31 bits per heavy atom. The number of aliphatic imine (C=N–C) groups is 1. The lowest BCUT2D eigenvalue weighted by Crippen LogP contribution is -2.55. The molecule has 1 N–H and O–H groups in total. The van der Waals surface area contributed by atoms with E-state index >= 15 is 0 Å². The minimum absolute atomic E-state index is 0. The summed E-state index contributed by atoms with van der Waals surface area (Å²) in [5.74, 6) is 1.17. The van der Waals surface area contributed by atoms with Crippen LogP contribution >= 0.6 is 24.0 Å². The van der Waals surface area contributed by atoms with Gasteiger partial charge in [-0.3, -0.25) is 14.7 Å². The van der Waals surface area contributed by atoms with Crippen molar-refractivity contribution in [2.24, 2.45) is 4.99 Å². The van der Waals surface area contributed by atoms with Crippen LogP contribution in [0.2, 0.25) is 0 Å². The quantitative estimate of drug-likeness (QED) is 0.363. The second kappa shape index (κ2) is 12.3. The van der Waals surface area contributed by atoms with Gasteiger partial charge >= 0.3 is 0 Å². The SMILES string of the molecule is CN=C(NCCc1ccc(C)cc1)N1CCN(CC(=O)N2CCOCC2)CC1.I. The molecule has 7 nitrogen and oxygen atoms in total. The van der Waals surface area contributed by atoms with Gasteiger partial charge in [-0.1, -0.05) is 29.8 Å². The molecule has 0 aliphatic carbocycles. The van der Waals surface area contributed by atoms with Crippen LogP contribution in [-0.4, -0.2) is 99.2 Å². The number of piperazine rings is 1. The average molecular weight is 515 g/mol. The van der Waals surface area contributed by atoms with Gasteiger partial charge < -0.3 is 19.9 Å². The minimum Gasteiger partial charge on any atom is -0.378 e. The van der Waals surface area contributed by atoms with Gasteiger partial charge in [0.15, 0.2) is 5.96 Å². The van der Waals surface area contributed by atoms with Crippen molar-refractivity contribution in [2.45, 2.75) is 13.3 Å². The van der Waals surface area contributed by atoms with Crippen molar-refractivity contribution in [2.75, 3.05) is 72.6 Å². The van der Waals surface area contributed by atoms with Crippen LogP contribution < -0.4 is 5.32 Å². The Kier molecular flexibility index (Phi) is 10.2. The number of hydrogen-bond donors (Lipinski definition) is 1. The van der Waals surface area contributed by atoms with Crippen molar-refractivity contribution < 1.29 is 9.53 Å². The molecule has 1 amide bonds. The van der Waals surface area contributed by atoms with Gasteiger partial charge in [-0.05, 0) is 18.9 Å². The summed E-state index contributed by atoms with van der Waals surface area (Å²) >= 11 is 0. The van der Waals surface area contributed by atoms with Gasteiger partial charge in [-0.2, -0.15) is 0 Å². The molecule has 1 aromatic rings. The Hall–Kier alpha value is -1.39. The van der Waals surface area contributed by atoms with Gasteiger partial charge in [0.25, 0.3) is 0 Å². The zero-order chi connectivity index (χ0) is 19.8. The molecule has 2 aliphatic rings. The molecule has 2 saturated heterocycles. The molecule has 2 fully saturated rings. The molecule has 1 aromatic carbocycles. The lowest BCUT2D eigenvalue weighted by Gasteiger charge is -2.37. The van der Waals surface area contributed by atoms with Crippen LogP contribution in [0.5, 0.6) is 0 Å². The van der Waals surface area contributed by atoms with Crippen molar-refractivity contribution in [1.82, 2.24) is 20.0 Å². The zero-order valence-electron chi connectivity index (χ0n) is 17.6. The number of rotatable bonds is 5. The monoisotopic (exact) mass is 515 g/mol. The van der Waals surface area contributed by atoms with E-state index in [0.717, 1.165) is 58.2 Å². The van der Waals surface area contributed by atoms with Gasteiger partial charge in [0.05, 0.1) is 19.8 Å². The number of guanidine groups is 1. The number of aryl methyl sites for hydroxylation is 1. The maximum atomic E-state index is 12.4. The van der Waals surface area contributed by atoms with Crippen LogP contribution in [0.4, 0.5) is 0 Å². The minimum atomic E-state index is 0. The molecule has 162 valence electrons. The Morgan fingerprint density at radius 2 is 1.69 bits per heavy atom. The second-order valence-corrected chi connectivity index (χ2v) is 7.47. The Labute approximate surface area is 191 Å². The lowest BCUT2D eigenvalue weighted by molar-refractivity contribution is -0.136. The molecule has 0 radical (unpaired) electrons. The molecule has 0 spiro atoms. The van der Waals surface area contributed by atoms with E-state index in [1.54, 1.807) is 0 Å². The fourth-order valence-corrected chi connectivity index (χ4v) is 3.63. The first-order valence-electron chi connectivity index (χ1n) is 10.2. The van der Waals surface area contributed by atoms with E-state index < -0.39 is 0 Å². The van der Waals surface area contributed by atoms with E-state index in [2.05, 4.69) is 51.3 Å². The Bertz CT molecular complexity index is 654. The topological polar surface area (TPSA) is 60.4 Å². The zero-order valence-corrected chi connectivity index (χ0v) is 19.9. The van der Waals surface area contributed by atoms with Crippen LogP contribution in [0, 0.1) is 6.92 Å². The smallest absolute Gasteiger partial charge is 0.236 e. The number of nitrogens with one attached hydrogen (secondary N) is 1. The molecule has 0 unspecified atom stereocenters. The first-order valence-corrected chi connectivity index (χ1v) is 10.2. The molecule has 0 saturated carbocycles. The summed E-state index contributed by atoms with van der Waals surface area (Å²) in [5.41, 5.74) is 2.62. The van der Waals surface area contributed by atoms with Crippen LogP contribution in [0.15, 0.2) is 29.3 Å². The van der Waals surface area contributed by atoms with E-state index in [1.807, 2.05) is 11.9 Å². The predicted molar refractivity (Wildman–Crippen MR) is 127 cm³/mol. The number of carbonyl (C=O) groups excluding carboxylic acids is 1. The van der Waals surface area contributed by atoms with Crippen molar-refractivity contribution in [1.29, 1.82) is 0 Å². The number of ether oxygens (including phenoxy) is 1. The number of morpholine rings is 1. The summed E-state index contributed by atoms with van der Waals surface area (Å²) in [5, 5.41) is 3.48. The lowest BCUT2D eigenvalue weighted by atomic mass is 10.1. The third-order valence-electron chi connectivity index (χ3n) is 5.42. The molecule has 0 bridgehead atoms. The molecular weight excluding hydrogens is 481 g/mol. The van der Waals surface area contributed by atoms with E-state index in [9.17, 15) is 4.79 Å². The second-order valence-electron chi connectivity index (χ2n) is 7.47. The number of halogens is 1. The third-order valence-corrected chi connectivity index (χ3v) is 5.42. The first-order chi connectivity index (χ1) is 13.7. The third kappa shape index (κ3) is 7.42. The number of benzene rings is 1. The summed E-state index contributed by atoms with van der Waals surface area (Å²) in [4.78, 5) is 23.3. The van der Waals surface area contributed by atoms with Gasteiger partial charge in [-0.25, -0.2) is 0 Å². The largest absolute Gasteiger partial charge is 0.378 e. The van der Waals surface area contributed by atoms with Crippen LogP contribution in [0.25, 0.3) is 0 Å². The van der Waals surface area contributed by atoms with Crippen molar-refractivity contribution in [3.05, 3.63) is 35.4 Å². The van der Waals surface area contributed by atoms with E-state index in [-0.39, 0.29) is 29.9 Å². The highest BCUT2D eigenvalue weighted by Gasteiger charge is 2.24. The molecule has 29 heavy (non-hydrogen) atoms. The van der Waals surface area contributed by atoms with Crippen molar-refractivity contribution >= 4 is 35.8 Å². The summed E-state index contributed by atoms with van der Waals surface area (Å²) in [6, 6.07) is 8.68. The highest BCUT2D eigenvalue weighted by molar-refractivity contribution is 14.0. The maximum absolute atomic E-state index is 12.4. The van der Waals surface area contributed by atoms with Gasteiger partial charge in [0, 0.05) is 52.9 Å². The van der Waals surface area contributed by atoms with E-state index in [4.69, 9.17) is 4.74 Å². The average Bonchev–Trinajstić information content (AvgIpc) is 2.74. The fraction of sp³-hybridized carbons (Fsp3) is 0.619. The van der Waals surface area contributed by atoms with Gasteiger partial charge in [-0.15, -0.1) is 24.0 Å². The molecule has 2 aliphatic heterocycles. The van der Waals surface area contributed by atoms with Crippen molar-refractivity contribution in [3.63, 3.8) is 0 Å². The molecule has 3 rings (SSSR count). The summed E-state index contributed by atoms with van der Waals surface area (Å²) < 4.78 is 5.32. The Balaban J connectivity index is 0.00000300. The van der Waals surface area contributed by atoms with Crippen LogP contribution in [0.1, 0.15) is 11.1 Å². The van der Waals surface area contributed by atoms with Crippen molar-refractivity contribution in [3.8, 4) is 0 Å². The van der Waals surface area contributed by atoms with Crippen LogP contribution in [0.3, 0.4) is 0 Å². The number of carbonyl (C=O) groups is 1. The Morgan fingerprint density at radius 1 is 1.03 bits per heavy atom. The number of nitrogens with zero attached hydrogens (tertiary/aromatic N) is 4. The standard InChI is InChI=1S/C21H33N5O2.HI/c1-18-3-5-19(6-4-18)7-8-23-21(22-2)26-11-9-24(10-12-26)17-20(27)25-13-15-28-16-14-25;/h3-6H,7-17H2,1-2H3,(H,22,23);1H. The molecule has 2 heterocycles.